The van der Waals surface area contributed by atoms with E-state index in [1.165, 1.54) is 25.8 Å². The summed E-state index contributed by atoms with van der Waals surface area (Å²) in [5, 5.41) is 0. The molecule has 1 aromatic rings. The van der Waals surface area contributed by atoms with Crippen molar-refractivity contribution in [2.24, 2.45) is 0 Å². The van der Waals surface area contributed by atoms with Crippen LogP contribution in [-0.2, 0) is 0 Å². The molecule has 2 aliphatic rings. The second kappa shape index (κ2) is 5.78. The number of carbonyl (C=O) groups excluding carboxylic acids is 1. The predicted molar refractivity (Wildman–Crippen MR) is 83.4 cm³/mol. The van der Waals surface area contributed by atoms with Gasteiger partial charge in [0.05, 0.1) is 0 Å². The molecular formula is C16H22N2OS. The maximum absolute atomic E-state index is 12.7. The Morgan fingerprint density at radius 2 is 1.95 bits per heavy atom. The van der Waals surface area contributed by atoms with Crippen LogP contribution in [0.4, 0.5) is 0 Å². The maximum Gasteiger partial charge on any atom is 0.254 e. The minimum absolute atomic E-state index is 0.163. The number of piperazine rings is 1. The van der Waals surface area contributed by atoms with Gasteiger partial charge in [-0.2, -0.15) is 0 Å². The third-order valence-corrected chi connectivity index (χ3v) is 4.86. The van der Waals surface area contributed by atoms with Crippen molar-refractivity contribution in [3.05, 3.63) is 29.8 Å². The van der Waals surface area contributed by atoms with Crippen LogP contribution in [0.25, 0.3) is 0 Å². The first-order valence-corrected chi connectivity index (χ1v) is 7.94. The normalized spacial score (nSPS) is 27.2. The van der Waals surface area contributed by atoms with Crippen LogP contribution >= 0.6 is 12.6 Å². The van der Waals surface area contributed by atoms with Crippen molar-refractivity contribution in [3.63, 3.8) is 0 Å². The minimum atomic E-state index is 0.163. The first-order chi connectivity index (χ1) is 9.65. The topological polar surface area (TPSA) is 23.6 Å². The molecule has 2 aliphatic heterocycles. The predicted octanol–water partition coefficient (Wildman–Crippen LogP) is 2.67. The molecule has 0 radical (unpaired) electrons. The molecule has 3 rings (SSSR count). The summed E-state index contributed by atoms with van der Waals surface area (Å²) in [4.78, 5) is 18.2. The van der Waals surface area contributed by atoms with Gasteiger partial charge in [-0.05, 0) is 50.6 Å². The van der Waals surface area contributed by atoms with Crippen molar-refractivity contribution < 1.29 is 4.79 Å². The number of fused-ring (bicyclic) bond motifs is 1. The molecule has 2 unspecified atom stereocenters. The van der Waals surface area contributed by atoms with Crippen LogP contribution in [0.3, 0.4) is 0 Å². The van der Waals surface area contributed by atoms with Gasteiger partial charge in [0.1, 0.15) is 0 Å². The molecule has 0 N–H and O–H groups in total. The van der Waals surface area contributed by atoms with E-state index in [-0.39, 0.29) is 5.91 Å². The summed E-state index contributed by atoms with van der Waals surface area (Å²) in [5.74, 6) is 0.163. The summed E-state index contributed by atoms with van der Waals surface area (Å²) < 4.78 is 0. The van der Waals surface area contributed by atoms with Gasteiger partial charge in [-0.15, -0.1) is 12.6 Å². The number of nitrogens with zero attached hydrogens (tertiary/aromatic N) is 2. The fourth-order valence-corrected chi connectivity index (χ4v) is 3.55. The van der Waals surface area contributed by atoms with E-state index in [0.717, 1.165) is 23.5 Å². The molecule has 0 spiro atoms. The lowest BCUT2D eigenvalue weighted by atomic mass is 9.96. The third-order valence-electron chi connectivity index (χ3n) is 4.56. The van der Waals surface area contributed by atoms with Crippen LogP contribution in [0.1, 0.15) is 36.5 Å². The van der Waals surface area contributed by atoms with E-state index in [9.17, 15) is 4.79 Å². The number of amides is 1. The van der Waals surface area contributed by atoms with Crippen LogP contribution in [0.2, 0.25) is 0 Å². The van der Waals surface area contributed by atoms with E-state index < -0.39 is 0 Å². The number of thiol groups is 1. The highest BCUT2D eigenvalue weighted by molar-refractivity contribution is 7.80. The monoisotopic (exact) mass is 290 g/mol. The van der Waals surface area contributed by atoms with E-state index >= 15 is 0 Å². The van der Waals surface area contributed by atoms with Crippen LogP contribution in [0.5, 0.6) is 0 Å². The SMILES string of the molecule is CC1CN2CCCCC2CN1C(=O)c1ccc(S)cc1. The standard InChI is InChI=1S/C16H22N2OS/c1-12-10-17-9-3-2-4-14(17)11-18(12)16(19)13-5-7-15(20)8-6-13/h5-8,12,14,20H,2-4,9-11H2,1H3. The first kappa shape index (κ1) is 14.0. The molecule has 0 bridgehead atoms. The smallest absolute Gasteiger partial charge is 0.254 e. The molecule has 2 fully saturated rings. The third kappa shape index (κ3) is 2.72. The van der Waals surface area contributed by atoms with Gasteiger partial charge < -0.3 is 4.90 Å². The van der Waals surface area contributed by atoms with E-state index in [1.807, 2.05) is 24.3 Å². The molecule has 4 heteroatoms. The van der Waals surface area contributed by atoms with Gasteiger partial charge in [0.15, 0.2) is 0 Å². The Kier molecular flexibility index (Phi) is 4.03. The Bertz CT molecular complexity index is 488. The average Bonchev–Trinajstić information content (AvgIpc) is 2.46. The fourth-order valence-electron chi connectivity index (χ4n) is 3.40. The highest BCUT2D eigenvalue weighted by atomic mass is 32.1. The quantitative estimate of drug-likeness (QED) is 0.804. The summed E-state index contributed by atoms with van der Waals surface area (Å²) in [6.07, 6.45) is 3.83. The molecule has 0 saturated carbocycles. The molecule has 1 amide bonds. The molecular weight excluding hydrogens is 268 g/mol. The van der Waals surface area contributed by atoms with Crippen molar-refractivity contribution in [3.8, 4) is 0 Å². The zero-order valence-electron chi connectivity index (χ0n) is 12.0. The average molecular weight is 290 g/mol. The Labute approximate surface area is 126 Å². The Morgan fingerprint density at radius 3 is 2.70 bits per heavy atom. The van der Waals surface area contributed by atoms with Gasteiger partial charge in [-0.3, -0.25) is 9.69 Å². The zero-order valence-corrected chi connectivity index (χ0v) is 12.9. The Morgan fingerprint density at radius 1 is 1.20 bits per heavy atom. The fraction of sp³-hybridized carbons (Fsp3) is 0.562. The van der Waals surface area contributed by atoms with Gasteiger partial charge in [0.2, 0.25) is 0 Å². The molecule has 0 aromatic heterocycles. The van der Waals surface area contributed by atoms with Crippen LogP contribution in [-0.4, -0.2) is 47.4 Å². The van der Waals surface area contributed by atoms with Gasteiger partial charge in [0.25, 0.3) is 5.91 Å². The Hall–Kier alpha value is -1.00. The van der Waals surface area contributed by atoms with Crippen molar-refractivity contribution in [1.82, 2.24) is 9.80 Å². The second-order valence-electron chi connectivity index (χ2n) is 6.00. The number of hydrogen-bond acceptors (Lipinski definition) is 3. The summed E-state index contributed by atoms with van der Waals surface area (Å²) in [7, 11) is 0. The van der Waals surface area contributed by atoms with Gasteiger partial charge in [-0.1, -0.05) is 6.42 Å². The number of benzene rings is 1. The summed E-state index contributed by atoms with van der Waals surface area (Å²) >= 11 is 4.27. The van der Waals surface area contributed by atoms with Crippen molar-refractivity contribution >= 4 is 18.5 Å². The summed E-state index contributed by atoms with van der Waals surface area (Å²) in [5.41, 5.74) is 0.777. The molecule has 20 heavy (non-hydrogen) atoms. The number of piperidine rings is 1. The lowest BCUT2D eigenvalue weighted by Crippen LogP contribution is -2.60. The highest BCUT2D eigenvalue weighted by Gasteiger charge is 2.35. The van der Waals surface area contributed by atoms with Crippen LogP contribution in [0.15, 0.2) is 29.2 Å². The number of hydrogen-bond donors (Lipinski definition) is 1. The lowest BCUT2D eigenvalue weighted by molar-refractivity contribution is 0.0151. The maximum atomic E-state index is 12.7. The summed E-state index contributed by atoms with van der Waals surface area (Å²) in [6.45, 7) is 5.25. The van der Waals surface area contributed by atoms with E-state index in [4.69, 9.17) is 0 Å². The lowest BCUT2D eigenvalue weighted by Gasteiger charge is -2.47. The van der Waals surface area contributed by atoms with Crippen LogP contribution < -0.4 is 0 Å². The molecule has 3 nitrogen and oxygen atoms in total. The van der Waals surface area contributed by atoms with Gasteiger partial charge >= 0.3 is 0 Å². The first-order valence-electron chi connectivity index (χ1n) is 7.49. The highest BCUT2D eigenvalue weighted by Crippen LogP contribution is 2.25. The number of rotatable bonds is 1. The second-order valence-corrected chi connectivity index (χ2v) is 6.51. The van der Waals surface area contributed by atoms with Crippen LogP contribution in [0, 0.1) is 0 Å². The van der Waals surface area contributed by atoms with E-state index in [1.54, 1.807) is 0 Å². The van der Waals surface area contributed by atoms with Gasteiger partial charge in [0, 0.05) is 35.6 Å². The molecule has 108 valence electrons. The zero-order chi connectivity index (χ0) is 14.1. The molecule has 1 aromatic carbocycles. The summed E-state index contributed by atoms with van der Waals surface area (Å²) in [6, 6.07) is 8.39. The molecule has 0 aliphatic carbocycles. The van der Waals surface area contributed by atoms with Crippen molar-refractivity contribution in [2.45, 2.75) is 43.2 Å². The largest absolute Gasteiger partial charge is 0.333 e. The van der Waals surface area contributed by atoms with E-state index in [0.29, 0.717) is 12.1 Å². The van der Waals surface area contributed by atoms with E-state index in [2.05, 4.69) is 29.4 Å². The van der Waals surface area contributed by atoms with Gasteiger partial charge in [-0.25, -0.2) is 0 Å². The minimum Gasteiger partial charge on any atom is -0.333 e. The Balaban J connectivity index is 1.75. The molecule has 2 saturated heterocycles. The van der Waals surface area contributed by atoms with Crippen molar-refractivity contribution in [1.29, 1.82) is 0 Å². The number of carbonyl (C=O) groups is 1. The molecule has 2 heterocycles. The van der Waals surface area contributed by atoms with Crippen molar-refractivity contribution in [2.75, 3.05) is 19.6 Å². The molecule has 2 atom stereocenters.